The van der Waals surface area contributed by atoms with E-state index in [0.717, 1.165) is 19.1 Å². The number of hydrogen-bond acceptors (Lipinski definition) is 2. The number of benzene rings is 1. The van der Waals surface area contributed by atoms with E-state index < -0.39 is 0 Å². The van der Waals surface area contributed by atoms with Gasteiger partial charge >= 0.3 is 0 Å². The molecule has 1 aliphatic rings. The third-order valence-corrected chi connectivity index (χ3v) is 4.24. The third kappa shape index (κ3) is 3.05. The van der Waals surface area contributed by atoms with Gasteiger partial charge in [-0.25, -0.2) is 0 Å². The molecule has 1 aliphatic carbocycles. The first-order valence-corrected chi connectivity index (χ1v) is 7.25. The van der Waals surface area contributed by atoms with Crippen LogP contribution < -0.4 is 10.2 Å². The van der Waals surface area contributed by atoms with Gasteiger partial charge in [-0.1, -0.05) is 25.0 Å². The van der Waals surface area contributed by atoms with Crippen molar-refractivity contribution in [2.75, 3.05) is 18.5 Å². The largest absolute Gasteiger partial charge is 0.375 e. The van der Waals surface area contributed by atoms with Gasteiger partial charge in [-0.05, 0) is 43.9 Å². The van der Waals surface area contributed by atoms with Crippen molar-refractivity contribution in [1.82, 2.24) is 5.32 Å². The minimum absolute atomic E-state index is 0.747. The SMILES string of the molecule is CCN(C)c1cccc(CNC2CCCC2)c1C. The van der Waals surface area contributed by atoms with Crippen molar-refractivity contribution in [2.45, 2.75) is 52.1 Å². The summed E-state index contributed by atoms with van der Waals surface area (Å²) in [6.45, 7) is 6.51. The minimum Gasteiger partial charge on any atom is -0.375 e. The number of nitrogens with zero attached hydrogens (tertiary/aromatic N) is 1. The molecule has 1 N–H and O–H groups in total. The number of rotatable bonds is 5. The Balaban J connectivity index is 2.03. The van der Waals surface area contributed by atoms with Crippen molar-refractivity contribution in [1.29, 1.82) is 0 Å². The highest BCUT2D eigenvalue weighted by atomic mass is 15.1. The molecule has 2 rings (SSSR count). The van der Waals surface area contributed by atoms with E-state index >= 15 is 0 Å². The quantitative estimate of drug-likeness (QED) is 0.855. The maximum atomic E-state index is 3.70. The van der Waals surface area contributed by atoms with Crippen LogP contribution in [0.1, 0.15) is 43.7 Å². The van der Waals surface area contributed by atoms with Gasteiger partial charge in [0.2, 0.25) is 0 Å². The van der Waals surface area contributed by atoms with Gasteiger partial charge in [0.25, 0.3) is 0 Å². The van der Waals surface area contributed by atoms with Gasteiger partial charge in [-0.3, -0.25) is 0 Å². The van der Waals surface area contributed by atoms with E-state index in [4.69, 9.17) is 0 Å². The first-order chi connectivity index (χ1) is 8.72. The smallest absolute Gasteiger partial charge is 0.0396 e. The van der Waals surface area contributed by atoms with E-state index in [9.17, 15) is 0 Å². The molecule has 100 valence electrons. The van der Waals surface area contributed by atoms with E-state index in [-0.39, 0.29) is 0 Å². The van der Waals surface area contributed by atoms with E-state index in [0.29, 0.717) is 0 Å². The molecule has 0 amide bonds. The summed E-state index contributed by atoms with van der Waals surface area (Å²) in [7, 11) is 2.16. The maximum Gasteiger partial charge on any atom is 0.0396 e. The van der Waals surface area contributed by atoms with Crippen LogP contribution in [0.5, 0.6) is 0 Å². The minimum atomic E-state index is 0.747. The lowest BCUT2D eigenvalue weighted by Gasteiger charge is -2.22. The Morgan fingerprint density at radius 3 is 2.67 bits per heavy atom. The summed E-state index contributed by atoms with van der Waals surface area (Å²) >= 11 is 0. The van der Waals surface area contributed by atoms with Gasteiger partial charge in [0.15, 0.2) is 0 Å². The molecule has 0 heterocycles. The topological polar surface area (TPSA) is 15.3 Å². The zero-order chi connectivity index (χ0) is 13.0. The molecule has 0 aliphatic heterocycles. The lowest BCUT2D eigenvalue weighted by atomic mass is 10.1. The monoisotopic (exact) mass is 246 g/mol. The normalized spacial score (nSPS) is 16.2. The highest BCUT2D eigenvalue weighted by Crippen LogP contribution is 2.23. The van der Waals surface area contributed by atoms with Crippen LogP contribution in [0.3, 0.4) is 0 Å². The molecule has 0 unspecified atom stereocenters. The second kappa shape index (κ2) is 6.24. The van der Waals surface area contributed by atoms with E-state index in [1.54, 1.807) is 0 Å². The zero-order valence-corrected chi connectivity index (χ0v) is 12.0. The molecule has 18 heavy (non-hydrogen) atoms. The molecule has 0 bridgehead atoms. The summed E-state index contributed by atoms with van der Waals surface area (Å²) in [5, 5.41) is 3.70. The molecule has 1 aromatic carbocycles. The van der Waals surface area contributed by atoms with E-state index in [2.05, 4.69) is 49.3 Å². The number of nitrogens with one attached hydrogen (secondary N) is 1. The van der Waals surface area contributed by atoms with Gasteiger partial charge in [0, 0.05) is 31.9 Å². The van der Waals surface area contributed by atoms with Crippen molar-refractivity contribution in [3.05, 3.63) is 29.3 Å². The van der Waals surface area contributed by atoms with Crippen molar-refractivity contribution in [2.24, 2.45) is 0 Å². The molecule has 0 radical (unpaired) electrons. The third-order valence-electron chi connectivity index (χ3n) is 4.24. The molecule has 0 spiro atoms. The van der Waals surface area contributed by atoms with Crippen molar-refractivity contribution in [3.63, 3.8) is 0 Å². The number of hydrogen-bond donors (Lipinski definition) is 1. The molecule has 2 heteroatoms. The Bertz CT molecular complexity index is 381. The summed E-state index contributed by atoms with van der Waals surface area (Å²) in [5.74, 6) is 0. The van der Waals surface area contributed by atoms with Crippen LogP contribution in [0.15, 0.2) is 18.2 Å². The fraction of sp³-hybridized carbons (Fsp3) is 0.625. The Labute approximate surface area is 111 Å². The fourth-order valence-corrected chi connectivity index (χ4v) is 2.83. The maximum absolute atomic E-state index is 3.70. The van der Waals surface area contributed by atoms with Crippen LogP contribution in [0.25, 0.3) is 0 Å². The van der Waals surface area contributed by atoms with Crippen molar-refractivity contribution < 1.29 is 0 Å². The first kappa shape index (κ1) is 13.4. The van der Waals surface area contributed by atoms with Crippen LogP contribution in [0.2, 0.25) is 0 Å². The second-order valence-corrected chi connectivity index (χ2v) is 5.44. The molecule has 1 fully saturated rings. The van der Waals surface area contributed by atoms with E-state index in [1.165, 1.54) is 42.5 Å². The zero-order valence-electron chi connectivity index (χ0n) is 12.0. The summed E-state index contributed by atoms with van der Waals surface area (Å²) in [6, 6.07) is 7.40. The average Bonchev–Trinajstić information content (AvgIpc) is 2.90. The number of anilines is 1. The molecule has 1 saturated carbocycles. The summed E-state index contributed by atoms with van der Waals surface area (Å²) < 4.78 is 0. The Morgan fingerprint density at radius 1 is 1.28 bits per heavy atom. The van der Waals surface area contributed by atoms with Gasteiger partial charge in [-0.2, -0.15) is 0 Å². The Hall–Kier alpha value is -1.02. The molecular formula is C16H26N2. The lowest BCUT2D eigenvalue weighted by Crippen LogP contribution is -2.26. The molecule has 0 atom stereocenters. The van der Waals surface area contributed by atoms with Crippen LogP contribution >= 0.6 is 0 Å². The van der Waals surface area contributed by atoms with Gasteiger partial charge in [0.05, 0.1) is 0 Å². The molecule has 0 aromatic heterocycles. The highest BCUT2D eigenvalue weighted by molar-refractivity contribution is 5.55. The molecule has 1 aromatic rings. The molecule has 2 nitrogen and oxygen atoms in total. The Morgan fingerprint density at radius 2 is 2.00 bits per heavy atom. The van der Waals surface area contributed by atoms with Gasteiger partial charge in [0.1, 0.15) is 0 Å². The highest BCUT2D eigenvalue weighted by Gasteiger charge is 2.14. The van der Waals surface area contributed by atoms with E-state index in [1.807, 2.05) is 0 Å². The standard InChI is InChI=1S/C16H26N2/c1-4-18(3)16-11-7-8-14(13(16)2)12-17-15-9-5-6-10-15/h7-8,11,15,17H,4-6,9-10,12H2,1-3H3. The molecular weight excluding hydrogens is 220 g/mol. The Kier molecular flexibility index (Phi) is 4.65. The summed E-state index contributed by atoms with van der Waals surface area (Å²) in [6.07, 6.45) is 5.51. The van der Waals surface area contributed by atoms with Crippen molar-refractivity contribution in [3.8, 4) is 0 Å². The lowest BCUT2D eigenvalue weighted by molar-refractivity contribution is 0.523. The summed E-state index contributed by atoms with van der Waals surface area (Å²) in [4.78, 5) is 2.31. The van der Waals surface area contributed by atoms with Crippen LogP contribution in [0.4, 0.5) is 5.69 Å². The van der Waals surface area contributed by atoms with Crippen LogP contribution in [-0.2, 0) is 6.54 Å². The first-order valence-electron chi connectivity index (χ1n) is 7.25. The average molecular weight is 246 g/mol. The second-order valence-electron chi connectivity index (χ2n) is 5.44. The van der Waals surface area contributed by atoms with Gasteiger partial charge in [-0.15, -0.1) is 0 Å². The fourth-order valence-electron chi connectivity index (χ4n) is 2.83. The van der Waals surface area contributed by atoms with Gasteiger partial charge < -0.3 is 10.2 Å². The van der Waals surface area contributed by atoms with Crippen LogP contribution in [0, 0.1) is 6.92 Å². The summed E-state index contributed by atoms with van der Waals surface area (Å²) in [5.41, 5.74) is 4.23. The predicted octanol–water partition coefficient (Wildman–Crippen LogP) is 3.48. The van der Waals surface area contributed by atoms with Crippen molar-refractivity contribution >= 4 is 5.69 Å². The predicted molar refractivity (Wildman–Crippen MR) is 79.2 cm³/mol. The van der Waals surface area contributed by atoms with Crippen LogP contribution in [-0.4, -0.2) is 19.6 Å². The molecule has 0 saturated heterocycles.